The minimum Gasteiger partial charge on any atom is -0.470 e. The average molecular weight is 356 g/mol. The summed E-state index contributed by atoms with van der Waals surface area (Å²) in [7, 11) is 1.92. The fourth-order valence-corrected chi connectivity index (χ4v) is 2.92. The summed E-state index contributed by atoms with van der Waals surface area (Å²) in [6.45, 7) is 2.02. The Kier molecular flexibility index (Phi) is 6.51. The van der Waals surface area contributed by atoms with Gasteiger partial charge in [-0.1, -0.05) is 12.1 Å². The van der Waals surface area contributed by atoms with Crippen molar-refractivity contribution in [2.45, 2.75) is 25.1 Å². The zero-order valence-electron chi connectivity index (χ0n) is 14.9. The van der Waals surface area contributed by atoms with Crippen LogP contribution in [-0.2, 0) is 16.1 Å². The third kappa shape index (κ3) is 5.50. The Bertz CT molecular complexity index is 684. The van der Waals surface area contributed by atoms with Gasteiger partial charge in [-0.3, -0.25) is 14.7 Å². The van der Waals surface area contributed by atoms with Gasteiger partial charge in [0.1, 0.15) is 6.10 Å². The molecule has 1 amide bonds. The molecule has 0 saturated carbocycles. The highest BCUT2D eigenvalue weighted by molar-refractivity contribution is 5.78. The molecule has 1 aliphatic rings. The van der Waals surface area contributed by atoms with Gasteiger partial charge < -0.3 is 14.8 Å². The van der Waals surface area contributed by atoms with Crippen molar-refractivity contribution in [2.24, 2.45) is 0 Å². The molecule has 1 fully saturated rings. The Morgan fingerprint density at radius 2 is 2.27 bits per heavy atom. The molecule has 1 aliphatic heterocycles. The number of rotatable bonds is 7. The van der Waals surface area contributed by atoms with E-state index in [-0.39, 0.29) is 18.1 Å². The maximum absolute atomic E-state index is 12.4. The third-order valence-electron chi connectivity index (χ3n) is 4.15. The van der Waals surface area contributed by atoms with Gasteiger partial charge in [0.2, 0.25) is 11.8 Å². The number of carbonyl (C=O) groups is 1. The van der Waals surface area contributed by atoms with E-state index in [1.165, 1.54) is 0 Å². The minimum atomic E-state index is -0.244. The van der Waals surface area contributed by atoms with Crippen molar-refractivity contribution in [1.82, 2.24) is 20.2 Å². The Morgan fingerprint density at radius 1 is 1.35 bits per heavy atom. The number of amides is 1. The van der Waals surface area contributed by atoms with Crippen molar-refractivity contribution >= 4 is 5.91 Å². The molecule has 138 valence electrons. The summed E-state index contributed by atoms with van der Waals surface area (Å²) in [6, 6.07) is 9.30. The number of nitrogens with one attached hydrogen (secondary N) is 1. The molecule has 0 unspecified atom stereocenters. The molecule has 0 spiro atoms. The quantitative estimate of drug-likeness (QED) is 0.805. The Hall–Kier alpha value is -2.51. The van der Waals surface area contributed by atoms with E-state index in [0.717, 1.165) is 12.0 Å². The normalized spacial score (nSPS) is 19.9. The van der Waals surface area contributed by atoms with Crippen LogP contribution < -0.4 is 10.1 Å². The van der Waals surface area contributed by atoms with Gasteiger partial charge in [-0.25, -0.2) is 4.98 Å². The van der Waals surface area contributed by atoms with Crippen molar-refractivity contribution in [3.8, 4) is 5.88 Å². The highest BCUT2D eigenvalue weighted by atomic mass is 16.5. The molecule has 7 heteroatoms. The second-order valence-electron chi connectivity index (χ2n) is 6.40. The highest BCUT2D eigenvalue weighted by Crippen LogP contribution is 2.15. The second kappa shape index (κ2) is 9.26. The van der Waals surface area contributed by atoms with Gasteiger partial charge in [0.25, 0.3) is 0 Å². The van der Waals surface area contributed by atoms with E-state index < -0.39 is 0 Å². The summed E-state index contributed by atoms with van der Waals surface area (Å²) in [6.07, 6.45) is 5.70. The van der Waals surface area contributed by atoms with Crippen molar-refractivity contribution in [2.75, 3.05) is 26.8 Å². The van der Waals surface area contributed by atoms with Crippen LogP contribution in [0.3, 0.4) is 0 Å². The summed E-state index contributed by atoms with van der Waals surface area (Å²) < 4.78 is 11.4. The first-order chi connectivity index (χ1) is 12.7. The van der Waals surface area contributed by atoms with Gasteiger partial charge in [0.15, 0.2) is 0 Å². The molecule has 3 rings (SSSR count). The molecule has 2 aromatic heterocycles. The van der Waals surface area contributed by atoms with Crippen LogP contribution in [0.15, 0.2) is 48.9 Å². The topological polar surface area (TPSA) is 76.6 Å². The van der Waals surface area contributed by atoms with E-state index in [1.807, 2.05) is 42.4 Å². The van der Waals surface area contributed by atoms with Gasteiger partial charge in [-0.05, 0) is 31.2 Å². The SMILES string of the molecule is CN(CC(=O)N[C@@H]1CCOC[C@H]1Oc1ccccn1)Cc1cccnc1. The lowest BCUT2D eigenvalue weighted by Gasteiger charge is -2.32. The number of aromatic nitrogens is 2. The van der Waals surface area contributed by atoms with Crippen LogP contribution in [0.4, 0.5) is 0 Å². The number of nitrogens with zero attached hydrogens (tertiary/aromatic N) is 3. The van der Waals surface area contributed by atoms with Crippen molar-refractivity contribution in [1.29, 1.82) is 0 Å². The molecule has 1 N–H and O–H groups in total. The fourth-order valence-electron chi connectivity index (χ4n) is 2.92. The number of hydrogen-bond donors (Lipinski definition) is 1. The maximum atomic E-state index is 12.4. The largest absolute Gasteiger partial charge is 0.470 e. The first-order valence-electron chi connectivity index (χ1n) is 8.73. The van der Waals surface area contributed by atoms with E-state index >= 15 is 0 Å². The minimum absolute atomic E-state index is 0.0297. The first kappa shape index (κ1) is 18.3. The number of hydrogen-bond acceptors (Lipinski definition) is 6. The van der Waals surface area contributed by atoms with Gasteiger partial charge in [-0.15, -0.1) is 0 Å². The molecular formula is C19H24N4O3. The summed E-state index contributed by atoms with van der Waals surface area (Å²) in [5.41, 5.74) is 1.07. The molecule has 26 heavy (non-hydrogen) atoms. The molecular weight excluding hydrogens is 332 g/mol. The first-order valence-corrected chi connectivity index (χ1v) is 8.73. The van der Waals surface area contributed by atoms with Gasteiger partial charge in [0, 0.05) is 37.8 Å². The zero-order chi connectivity index (χ0) is 18.2. The van der Waals surface area contributed by atoms with Crippen LogP contribution in [0.1, 0.15) is 12.0 Å². The molecule has 3 heterocycles. The summed E-state index contributed by atoms with van der Waals surface area (Å²) in [4.78, 5) is 22.7. The van der Waals surface area contributed by atoms with Crippen LogP contribution in [0, 0.1) is 0 Å². The summed E-state index contributed by atoms with van der Waals surface area (Å²) in [5.74, 6) is 0.508. The lowest BCUT2D eigenvalue weighted by atomic mass is 10.1. The van der Waals surface area contributed by atoms with Crippen LogP contribution in [0.2, 0.25) is 0 Å². The maximum Gasteiger partial charge on any atom is 0.234 e. The molecule has 7 nitrogen and oxygen atoms in total. The van der Waals surface area contributed by atoms with E-state index in [9.17, 15) is 4.79 Å². The van der Waals surface area contributed by atoms with E-state index in [0.29, 0.717) is 32.2 Å². The second-order valence-corrected chi connectivity index (χ2v) is 6.40. The predicted molar refractivity (Wildman–Crippen MR) is 96.6 cm³/mol. The van der Waals surface area contributed by atoms with Gasteiger partial charge >= 0.3 is 0 Å². The Morgan fingerprint density at radius 3 is 3.04 bits per heavy atom. The molecule has 0 bridgehead atoms. The van der Waals surface area contributed by atoms with Crippen LogP contribution >= 0.6 is 0 Å². The summed E-state index contributed by atoms with van der Waals surface area (Å²) >= 11 is 0. The molecule has 1 saturated heterocycles. The Labute approximate surface area is 153 Å². The number of likely N-dealkylation sites (N-methyl/N-ethyl adjacent to an activating group) is 1. The predicted octanol–water partition coefficient (Wildman–Crippen LogP) is 1.26. The van der Waals surface area contributed by atoms with Gasteiger partial charge in [-0.2, -0.15) is 0 Å². The molecule has 0 aliphatic carbocycles. The fraction of sp³-hybridized carbons (Fsp3) is 0.421. The zero-order valence-corrected chi connectivity index (χ0v) is 14.9. The monoisotopic (exact) mass is 356 g/mol. The van der Waals surface area contributed by atoms with Crippen LogP contribution in [-0.4, -0.2) is 59.7 Å². The average Bonchev–Trinajstić information content (AvgIpc) is 2.65. The van der Waals surface area contributed by atoms with Crippen LogP contribution in [0.25, 0.3) is 0 Å². The standard InChI is InChI=1S/C19H24N4O3/c1-23(12-15-5-4-8-20-11-15)13-18(24)22-16-7-10-25-14-17(16)26-19-6-2-3-9-21-19/h2-6,8-9,11,16-17H,7,10,12-14H2,1H3,(H,22,24)/t16-,17-/m1/s1. The number of carbonyl (C=O) groups excluding carboxylic acids is 1. The van der Waals surface area contributed by atoms with E-state index in [2.05, 4.69) is 15.3 Å². The van der Waals surface area contributed by atoms with Gasteiger partial charge in [0.05, 0.1) is 19.2 Å². The third-order valence-corrected chi connectivity index (χ3v) is 4.15. The van der Waals surface area contributed by atoms with Crippen molar-refractivity contribution in [3.63, 3.8) is 0 Å². The number of ether oxygens (including phenoxy) is 2. The molecule has 0 aromatic carbocycles. The van der Waals surface area contributed by atoms with Crippen molar-refractivity contribution < 1.29 is 14.3 Å². The molecule has 2 aromatic rings. The van der Waals surface area contributed by atoms with Crippen LogP contribution in [0.5, 0.6) is 5.88 Å². The lowest BCUT2D eigenvalue weighted by molar-refractivity contribution is -0.125. The lowest BCUT2D eigenvalue weighted by Crippen LogP contribution is -2.53. The number of pyridine rings is 2. The molecule has 0 radical (unpaired) electrons. The smallest absolute Gasteiger partial charge is 0.234 e. The highest BCUT2D eigenvalue weighted by Gasteiger charge is 2.29. The van der Waals surface area contributed by atoms with Crippen molar-refractivity contribution in [3.05, 3.63) is 54.5 Å². The molecule has 2 atom stereocenters. The van der Waals surface area contributed by atoms with E-state index in [4.69, 9.17) is 9.47 Å². The Balaban J connectivity index is 1.51. The summed E-state index contributed by atoms with van der Waals surface area (Å²) in [5, 5.41) is 3.08. The van der Waals surface area contributed by atoms with E-state index in [1.54, 1.807) is 18.5 Å².